The van der Waals surface area contributed by atoms with Gasteiger partial charge in [-0.25, -0.2) is 0 Å². The van der Waals surface area contributed by atoms with Gasteiger partial charge in [-0.1, -0.05) is 0 Å². The van der Waals surface area contributed by atoms with Crippen LogP contribution >= 0.6 is 0 Å². The SMILES string of the molecule is Cc1ccccc1[Se][Se]c1ccccc1. The number of rotatable bonds is 3. The summed E-state index contributed by atoms with van der Waals surface area (Å²) >= 11 is 1.25. The van der Waals surface area contributed by atoms with Crippen LogP contribution in [0.1, 0.15) is 5.56 Å². The molecule has 2 rings (SSSR count). The molecule has 0 nitrogen and oxygen atoms in total. The van der Waals surface area contributed by atoms with E-state index in [-0.39, 0.29) is 0 Å². The summed E-state index contributed by atoms with van der Waals surface area (Å²) in [5, 5.41) is 0. The van der Waals surface area contributed by atoms with Crippen molar-refractivity contribution in [2.75, 3.05) is 0 Å². The first-order valence-corrected chi connectivity index (χ1v) is 10.9. The molecule has 2 heteroatoms. The van der Waals surface area contributed by atoms with Gasteiger partial charge in [-0.3, -0.25) is 0 Å². The number of hydrogen-bond donors (Lipinski definition) is 0. The number of hydrogen-bond acceptors (Lipinski definition) is 0. The summed E-state index contributed by atoms with van der Waals surface area (Å²) < 4.78 is 3.06. The maximum absolute atomic E-state index is 2.26. The van der Waals surface area contributed by atoms with Crippen LogP contribution in [-0.4, -0.2) is 26.3 Å². The maximum atomic E-state index is 2.26. The third-order valence-electron chi connectivity index (χ3n) is 2.06. The molecule has 0 N–H and O–H groups in total. The van der Waals surface area contributed by atoms with Crippen LogP contribution in [-0.2, 0) is 0 Å². The third-order valence-corrected chi connectivity index (χ3v) is 9.52. The normalized spacial score (nSPS) is 10.2. The Balaban J connectivity index is 2.03. The molecular formula is C13H12Se2. The molecule has 0 amide bonds. The summed E-state index contributed by atoms with van der Waals surface area (Å²) in [4.78, 5) is 0. The van der Waals surface area contributed by atoms with Crippen molar-refractivity contribution in [3.8, 4) is 0 Å². The fraction of sp³-hybridized carbons (Fsp3) is 0.0769. The van der Waals surface area contributed by atoms with Crippen molar-refractivity contribution in [2.45, 2.75) is 6.92 Å². The van der Waals surface area contributed by atoms with Crippen molar-refractivity contribution < 1.29 is 0 Å². The molecular weight excluding hydrogens is 314 g/mol. The molecule has 2 aromatic rings. The molecule has 15 heavy (non-hydrogen) atoms. The van der Waals surface area contributed by atoms with Crippen molar-refractivity contribution in [3.05, 3.63) is 60.2 Å². The molecule has 0 spiro atoms. The Labute approximate surface area is 102 Å². The Morgan fingerprint density at radius 1 is 0.733 bits per heavy atom. The van der Waals surface area contributed by atoms with Gasteiger partial charge in [0.25, 0.3) is 0 Å². The fourth-order valence-corrected chi connectivity index (χ4v) is 8.15. The minimum absolute atomic E-state index is 0.625. The number of benzene rings is 2. The second-order valence-corrected chi connectivity index (χ2v) is 9.49. The molecule has 0 fully saturated rings. The Hall–Kier alpha value is -0.521. The molecule has 0 atom stereocenters. The zero-order valence-electron chi connectivity index (χ0n) is 8.51. The second kappa shape index (κ2) is 5.53. The molecule has 0 aromatic heterocycles. The third kappa shape index (κ3) is 3.22. The van der Waals surface area contributed by atoms with Crippen LogP contribution in [0.25, 0.3) is 0 Å². The predicted octanol–water partition coefficient (Wildman–Crippen LogP) is 1.27. The van der Waals surface area contributed by atoms with E-state index in [0.29, 0.717) is 26.3 Å². The monoisotopic (exact) mass is 328 g/mol. The van der Waals surface area contributed by atoms with E-state index >= 15 is 0 Å². The molecule has 0 heterocycles. The summed E-state index contributed by atoms with van der Waals surface area (Å²) in [5.41, 5.74) is 1.44. The fourth-order valence-electron chi connectivity index (χ4n) is 1.22. The van der Waals surface area contributed by atoms with Gasteiger partial charge in [0, 0.05) is 0 Å². The van der Waals surface area contributed by atoms with Crippen molar-refractivity contribution >= 4 is 35.2 Å². The molecule has 0 radical (unpaired) electrons. The van der Waals surface area contributed by atoms with Crippen LogP contribution in [0.5, 0.6) is 0 Å². The summed E-state index contributed by atoms with van der Waals surface area (Å²) in [7, 11) is 0. The molecule has 76 valence electrons. The summed E-state index contributed by atoms with van der Waals surface area (Å²) in [6, 6.07) is 19.5. The van der Waals surface area contributed by atoms with Gasteiger partial charge in [0.05, 0.1) is 0 Å². The minimum atomic E-state index is 0.625. The van der Waals surface area contributed by atoms with Gasteiger partial charge < -0.3 is 0 Å². The van der Waals surface area contributed by atoms with Crippen LogP contribution < -0.4 is 8.92 Å². The molecule has 0 unspecified atom stereocenters. The quantitative estimate of drug-likeness (QED) is 0.746. The van der Waals surface area contributed by atoms with Crippen LogP contribution in [0.3, 0.4) is 0 Å². The van der Waals surface area contributed by atoms with E-state index in [1.54, 1.807) is 4.46 Å². The predicted molar refractivity (Wildman–Crippen MR) is 68.4 cm³/mol. The number of aryl methyl sites for hydroxylation is 1. The van der Waals surface area contributed by atoms with Crippen molar-refractivity contribution in [1.82, 2.24) is 0 Å². The first-order chi connectivity index (χ1) is 7.36. The topological polar surface area (TPSA) is 0 Å². The van der Waals surface area contributed by atoms with Gasteiger partial charge in [0.1, 0.15) is 0 Å². The molecule has 2 aromatic carbocycles. The van der Waals surface area contributed by atoms with Gasteiger partial charge in [-0.2, -0.15) is 0 Å². The van der Waals surface area contributed by atoms with Crippen molar-refractivity contribution in [1.29, 1.82) is 0 Å². The van der Waals surface area contributed by atoms with Gasteiger partial charge in [0.15, 0.2) is 0 Å². The van der Waals surface area contributed by atoms with Crippen molar-refractivity contribution in [2.24, 2.45) is 0 Å². The van der Waals surface area contributed by atoms with E-state index in [9.17, 15) is 0 Å². The van der Waals surface area contributed by atoms with Gasteiger partial charge in [-0.15, -0.1) is 0 Å². The Morgan fingerprint density at radius 2 is 1.40 bits per heavy atom. The van der Waals surface area contributed by atoms with Gasteiger partial charge >= 0.3 is 102 Å². The van der Waals surface area contributed by atoms with E-state index in [1.807, 2.05) is 0 Å². The van der Waals surface area contributed by atoms with Crippen molar-refractivity contribution in [3.63, 3.8) is 0 Å². The van der Waals surface area contributed by atoms with E-state index in [4.69, 9.17) is 0 Å². The Kier molecular flexibility index (Phi) is 4.05. The molecule has 0 saturated carbocycles. The van der Waals surface area contributed by atoms with Crippen LogP contribution in [0.4, 0.5) is 0 Å². The summed E-state index contributed by atoms with van der Waals surface area (Å²) in [6.07, 6.45) is 0. The second-order valence-electron chi connectivity index (χ2n) is 3.25. The zero-order chi connectivity index (χ0) is 10.5. The molecule has 0 saturated heterocycles. The van der Waals surface area contributed by atoms with Gasteiger partial charge in [-0.05, 0) is 0 Å². The van der Waals surface area contributed by atoms with E-state index in [2.05, 4.69) is 61.5 Å². The Morgan fingerprint density at radius 3 is 2.13 bits per heavy atom. The molecule has 0 aliphatic carbocycles. The molecule has 0 bridgehead atoms. The summed E-state index contributed by atoms with van der Waals surface area (Å²) in [5.74, 6) is 0. The van der Waals surface area contributed by atoms with Crippen LogP contribution in [0.15, 0.2) is 54.6 Å². The van der Waals surface area contributed by atoms with E-state index < -0.39 is 0 Å². The zero-order valence-corrected chi connectivity index (χ0v) is 11.9. The Bertz CT molecular complexity index is 424. The average Bonchev–Trinajstić information content (AvgIpc) is 2.29. The molecule has 0 aliphatic rings. The average molecular weight is 326 g/mol. The van der Waals surface area contributed by atoms with Gasteiger partial charge in [0.2, 0.25) is 0 Å². The molecule has 0 aliphatic heterocycles. The van der Waals surface area contributed by atoms with Crippen LogP contribution in [0.2, 0.25) is 0 Å². The first kappa shape index (κ1) is 11.0. The van der Waals surface area contributed by atoms with Crippen LogP contribution in [0, 0.1) is 6.92 Å². The first-order valence-electron chi connectivity index (χ1n) is 4.81. The van der Waals surface area contributed by atoms with E-state index in [1.165, 1.54) is 10.0 Å². The standard InChI is InChI=1S/C13H12Se2/c1-11-7-5-6-10-13(11)15-14-12-8-3-2-4-9-12/h2-10H,1H3. The van der Waals surface area contributed by atoms with E-state index in [0.717, 1.165) is 0 Å². The summed E-state index contributed by atoms with van der Waals surface area (Å²) in [6.45, 7) is 2.21.